The van der Waals surface area contributed by atoms with Crippen LogP contribution in [-0.4, -0.2) is 24.6 Å². The molecule has 0 aliphatic heterocycles. The number of esters is 1. The van der Waals surface area contributed by atoms with Gasteiger partial charge in [-0.1, -0.05) is 36.2 Å². The molecule has 0 saturated carbocycles. The molecule has 2 rings (SSSR count). The lowest BCUT2D eigenvalue weighted by molar-refractivity contribution is -0.122. The van der Waals surface area contributed by atoms with Crippen molar-refractivity contribution in [1.29, 1.82) is 0 Å². The standard InChI is InChI=1S/C19H19Cl2NO4/c1-3-17(26-14-7-5-6-12(20)10-14)18(23)22-13-8-9-15(16(21)11-13)19(24)25-4-2/h5-11,17H,3-4H2,1-2H3,(H,22,23)/t17-/m1/s1. The molecule has 138 valence electrons. The summed E-state index contributed by atoms with van der Waals surface area (Å²) < 4.78 is 10.6. The van der Waals surface area contributed by atoms with Gasteiger partial charge in [-0.3, -0.25) is 4.79 Å². The van der Waals surface area contributed by atoms with Gasteiger partial charge in [-0.05, 0) is 49.7 Å². The summed E-state index contributed by atoms with van der Waals surface area (Å²) in [6, 6.07) is 11.4. The Balaban J connectivity index is 2.07. The molecule has 2 aromatic rings. The number of carbonyl (C=O) groups is 2. The second-order valence-corrected chi connectivity index (χ2v) is 6.22. The smallest absolute Gasteiger partial charge is 0.339 e. The van der Waals surface area contributed by atoms with Crippen LogP contribution in [0.15, 0.2) is 42.5 Å². The molecule has 0 radical (unpaired) electrons. The molecular weight excluding hydrogens is 377 g/mol. The predicted octanol–water partition coefficient (Wildman–Crippen LogP) is 4.97. The summed E-state index contributed by atoms with van der Waals surface area (Å²) in [6.07, 6.45) is -0.232. The van der Waals surface area contributed by atoms with Gasteiger partial charge < -0.3 is 14.8 Å². The lowest BCUT2D eigenvalue weighted by Gasteiger charge is -2.17. The number of anilines is 1. The van der Waals surface area contributed by atoms with Gasteiger partial charge in [0.25, 0.3) is 5.91 Å². The lowest BCUT2D eigenvalue weighted by Crippen LogP contribution is -2.32. The minimum atomic E-state index is -0.697. The van der Waals surface area contributed by atoms with Gasteiger partial charge in [0.1, 0.15) is 5.75 Å². The zero-order valence-corrected chi connectivity index (χ0v) is 15.9. The number of amides is 1. The van der Waals surface area contributed by atoms with E-state index in [0.29, 0.717) is 22.9 Å². The highest BCUT2D eigenvalue weighted by Gasteiger charge is 2.20. The number of rotatable bonds is 7. The van der Waals surface area contributed by atoms with Crippen molar-refractivity contribution in [2.75, 3.05) is 11.9 Å². The van der Waals surface area contributed by atoms with E-state index >= 15 is 0 Å². The molecule has 0 heterocycles. The molecule has 0 saturated heterocycles. The first-order valence-corrected chi connectivity index (χ1v) is 8.90. The number of carbonyl (C=O) groups excluding carboxylic acids is 2. The SMILES string of the molecule is CCOC(=O)c1ccc(NC(=O)[C@@H](CC)Oc2cccc(Cl)c2)cc1Cl. The lowest BCUT2D eigenvalue weighted by atomic mass is 10.2. The fourth-order valence-corrected chi connectivity index (χ4v) is 2.65. The van der Waals surface area contributed by atoms with Crippen LogP contribution in [0.5, 0.6) is 5.75 Å². The van der Waals surface area contributed by atoms with Crippen LogP contribution in [0.2, 0.25) is 10.0 Å². The largest absolute Gasteiger partial charge is 0.481 e. The average molecular weight is 396 g/mol. The first-order chi connectivity index (χ1) is 12.4. The maximum atomic E-state index is 12.5. The summed E-state index contributed by atoms with van der Waals surface area (Å²) in [5, 5.41) is 3.46. The number of benzene rings is 2. The molecule has 0 aliphatic carbocycles. The van der Waals surface area contributed by atoms with Crippen molar-refractivity contribution < 1.29 is 19.1 Å². The van der Waals surface area contributed by atoms with Crippen LogP contribution in [-0.2, 0) is 9.53 Å². The third kappa shape index (κ3) is 5.38. The van der Waals surface area contributed by atoms with E-state index < -0.39 is 12.1 Å². The summed E-state index contributed by atoms with van der Waals surface area (Å²) >= 11 is 12.0. The van der Waals surface area contributed by atoms with Gasteiger partial charge in [0.15, 0.2) is 6.10 Å². The molecule has 0 aliphatic rings. The Morgan fingerprint density at radius 3 is 2.50 bits per heavy atom. The fraction of sp³-hybridized carbons (Fsp3) is 0.263. The molecule has 7 heteroatoms. The number of halogens is 2. The molecular formula is C19H19Cl2NO4. The highest BCUT2D eigenvalue weighted by molar-refractivity contribution is 6.34. The van der Waals surface area contributed by atoms with Crippen molar-refractivity contribution in [1.82, 2.24) is 0 Å². The van der Waals surface area contributed by atoms with Crippen LogP contribution < -0.4 is 10.1 Å². The summed E-state index contributed by atoms with van der Waals surface area (Å²) in [5.41, 5.74) is 0.704. The van der Waals surface area contributed by atoms with Gasteiger partial charge >= 0.3 is 5.97 Å². The molecule has 0 spiro atoms. The number of hydrogen-bond donors (Lipinski definition) is 1. The van der Waals surface area contributed by atoms with Gasteiger partial charge in [0.05, 0.1) is 17.2 Å². The number of ether oxygens (including phenoxy) is 2. The highest BCUT2D eigenvalue weighted by atomic mass is 35.5. The Bertz CT molecular complexity index is 795. The van der Waals surface area contributed by atoms with E-state index in [2.05, 4.69) is 5.32 Å². The zero-order chi connectivity index (χ0) is 19.1. The number of nitrogens with one attached hydrogen (secondary N) is 1. The highest BCUT2D eigenvalue weighted by Crippen LogP contribution is 2.23. The van der Waals surface area contributed by atoms with Crippen molar-refractivity contribution in [3.05, 3.63) is 58.1 Å². The van der Waals surface area contributed by atoms with Crippen molar-refractivity contribution in [3.8, 4) is 5.75 Å². The molecule has 2 aromatic carbocycles. The van der Waals surface area contributed by atoms with Gasteiger partial charge in [-0.2, -0.15) is 0 Å². The van der Waals surface area contributed by atoms with Crippen molar-refractivity contribution in [3.63, 3.8) is 0 Å². The van der Waals surface area contributed by atoms with E-state index in [0.717, 1.165) is 0 Å². The molecule has 0 aromatic heterocycles. The molecule has 26 heavy (non-hydrogen) atoms. The topological polar surface area (TPSA) is 64.6 Å². The first-order valence-electron chi connectivity index (χ1n) is 8.14. The maximum absolute atomic E-state index is 12.5. The third-order valence-corrected chi connectivity index (χ3v) is 4.02. The Morgan fingerprint density at radius 1 is 1.12 bits per heavy atom. The Labute approximate surface area is 162 Å². The average Bonchev–Trinajstić information content (AvgIpc) is 2.60. The second kappa shape index (κ2) is 9.46. The van der Waals surface area contributed by atoms with Crippen LogP contribution in [0.3, 0.4) is 0 Å². The minimum absolute atomic E-state index is 0.199. The third-order valence-electron chi connectivity index (χ3n) is 3.47. The van der Waals surface area contributed by atoms with E-state index in [-0.39, 0.29) is 23.1 Å². The Morgan fingerprint density at radius 2 is 1.88 bits per heavy atom. The van der Waals surface area contributed by atoms with Gasteiger partial charge in [0.2, 0.25) is 0 Å². The van der Waals surface area contributed by atoms with E-state index in [1.807, 2.05) is 6.92 Å². The molecule has 0 fully saturated rings. The normalized spacial score (nSPS) is 11.5. The summed E-state index contributed by atoms with van der Waals surface area (Å²) in [7, 11) is 0. The first kappa shape index (κ1) is 20.1. The van der Waals surface area contributed by atoms with E-state index in [4.69, 9.17) is 32.7 Å². The van der Waals surface area contributed by atoms with Gasteiger partial charge in [-0.15, -0.1) is 0 Å². The maximum Gasteiger partial charge on any atom is 0.339 e. The van der Waals surface area contributed by atoms with Crippen molar-refractivity contribution in [2.45, 2.75) is 26.4 Å². The molecule has 0 bridgehead atoms. The van der Waals surface area contributed by atoms with Crippen LogP contribution in [0.25, 0.3) is 0 Å². The monoisotopic (exact) mass is 395 g/mol. The summed E-state index contributed by atoms with van der Waals surface area (Å²) in [6.45, 7) is 3.81. The quantitative estimate of drug-likeness (QED) is 0.672. The zero-order valence-electron chi connectivity index (χ0n) is 14.4. The van der Waals surface area contributed by atoms with Crippen LogP contribution in [0, 0.1) is 0 Å². The number of hydrogen-bond acceptors (Lipinski definition) is 4. The molecule has 1 amide bonds. The van der Waals surface area contributed by atoms with Crippen LogP contribution in [0.1, 0.15) is 30.6 Å². The van der Waals surface area contributed by atoms with Gasteiger partial charge in [0, 0.05) is 10.7 Å². The second-order valence-electron chi connectivity index (χ2n) is 5.38. The Hall–Kier alpha value is -2.24. The van der Waals surface area contributed by atoms with Crippen LogP contribution in [0.4, 0.5) is 5.69 Å². The molecule has 5 nitrogen and oxygen atoms in total. The van der Waals surface area contributed by atoms with Crippen molar-refractivity contribution in [2.24, 2.45) is 0 Å². The fourth-order valence-electron chi connectivity index (χ4n) is 2.22. The van der Waals surface area contributed by atoms with Crippen molar-refractivity contribution >= 4 is 40.8 Å². The Kier molecular flexibility index (Phi) is 7.30. The minimum Gasteiger partial charge on any atom is -0.481 e. The summed E-state index contributed by atoms with van der Waals surface area (Å²) in [5.74, 6) is -0.325. The summed E-state index contributed by atoms with van der Waals surface area (Å²) in [4.78, 5) is 24.2. The van der Waals surface area contributed by atoms with Crippen LogP contribution >= 0.6 is 23.2 Å². The van der Waals surface area contributed by atoms with E-state index in [9.17, 15) is 9.59 Å². The molecule has 1 atom stereocenters. The molecule has 1 N–H and O–H groups in total. The van der Waals surface area contributed by atoms with E-state index in [1.165, 1.54) is 12.1 Å². The van der Waals surface area contributed by atoms with E-state index in [1.54, 1.807) is 37.3 Å². The van der Waals surface area contributed by atoms with Gasteiger partial charge in [-0.25, -0.2) is 4.79 Å². The predicted molar refractivity (Wildman–Crippen MR) is 102 cm³/mol. The molecule has 0 unspecified atom stereocenters.